The van der Waals surface area contributed by atoms with Gasteiger partial charge in [-0.25, -0.2) is 0 Å². The van der Waals surface area contributed by atoms with Crippen molar-refractivity contribution < 1.29 is 27.4 Å². The molecule has 1 aromatic heterocycles. The number of para-hydroxylation sites is 1. The molecule has 1 heterocycles. The fourth-order valence-corrected chi connectivity index (χ4v) is 5.14. The van der Waals surface area contributed by atoms with Crippen molar-refractivity contribution in [3.05, 3.63) is 94.9 Å². The van der Waals surface area contributed by atoms with E-state index >= 15 is 0 Å². The highest BCUT2D eigenvalue weighted by molar-refractivity contribution is 7.19. The summed E-state index contributed by atoms with van der Waals surface area (Å²) in [5.41, 5.74) is -0.293. The molecule has 0 aliphatic carbocycles. The molecule has 0 amide bonds. The quantitative estimate of drug-likeness (QED) is 0.235. The van der Waals surface area contributed by atoms with Crippen LogP contribution in [0.1, 0.15) is 41.9 Å². The number of rotatable bonds is 7. The Balaban J connectivity index is 1.57. The first-order valence-corrected chi connectivity index (χ1v) is 12.0. The zero-order valence-corrected chi connectivity index (χ0v) is 20.3. The highest BCUT2D eigenvalue weighted by Gasteiger charge is 2.33. The molecule has 0 saturated heterocycles. The molecule has 0 aliphatic rings. The van der Waals surface area contributed by atoms with Gasteiger partial charge in [0.05, 0.1) is 11.5 Å². The lowest BCUT2D eigenvalue weighted by Gasteiger charge is -2.20. The van der Waals surface area contributed by atoms with Crippen LogP contribution in [0, 0.1) is 17.2 Å². The van der Waals surface area contributed by atoms with Crippen molar-refractivity contribution in [2.45, 2.75) is 32.0 Å². The van der Waals surface area contributed by atoms with Crippen LogP contribution in [0.4, 0.5) is 13.2 Å². The standard InChI is InChI=1S/C28H22F3NO3S/c1-17(2)26(25-15-19-13-20(28(29,30)31)11-12-24(19)36-25)27(33)35-23(16-32)18-7-6-10-22(14-18)34-21-8-4-3-5-9-21/h3-15,17,23,26H,1-2H3. The van der Waals surface area contributed by atoms with Crippen molar-refractivity contribution in [2.24, 2.45) is 5.92 Å². The van der Waals surface area contributed by atoms with Gasteiger partial charge in [0, 0.05) is 15.1 Å². The molecule has 0 N–H and O–H groups in total. The second-order valence-corrected chi connectivity index (χ2v) is 9.67. The van der Waals surface area contributed by atoms with Gasteiger partial charge in [-0.15, -0.1) is 11.3 Å². The molecule has 4 rings (SSSR count). The van der Waals surface area contributed by atoms with Crippen LogP contribution >= 0.6 is 11.3 Å². The first kappa shape index (κ1) is 25.3. The molecule has 0 aliphatic heterocycles. The van der Waals surface area contributed by atoms with E-state index in [0.717, 1.165) is 12.1 Å². The molecule has 4 nitrogen and oxygen atoms in total. The molecule has 0 bridgehead atoms. The normalized spacial score (nSPS) is 13.2. The Morgan fingerprint density at radius 2 is 1.67 bits per heavy atom. The maximum Gasteiger partial charge on any atom is 0.416 e. The molecule has 2 unspecified atom stereocenters. The highest BCUT2D eigenvalue weighted by atomic mass is 32.1. The fraction of sp³-hybridized carbons (Fsp3) is 0.214. The molecular weight excluding hydrogens is 487 g/mol. The Labute approximate surface area is 210 Å². The zero-order valence-electron chi connectivity index (χ0n) is 19.5. The van der Waals surface area contributed by atoms with Gasteiger partial charge in [0.15, 0.2) is 0 Å². The number of ether oxygens (including phenoxy) is 2. The lowest BCUT2D eigenvalue weighted by molar-refractivity contribution is -0.149. The Hall–Kier alpha value is -3.83. The number of nitriles is 1. The van der Waals surface area contributed by atoms with Crippen LogP contribution in [0.3, 0.4) is 0 Å². The number of esters is 1. The third-order valence-electron chi connectivity index (χ3n) is 5.58. The molecule has 184 valence electrons. The summed E-state index contributed by atoms with van der Waals surface area (Å²) in [5.74, 6) is -0.455. The number of nitrogens with zero attached hydrogens (tertiary/aromatic N) is 1. The number of alkyl halides is 3. The van der Waals surface area contributed by atoms with Crippen LogP contribution in [-0.4, -0.2) is 5.97 Å². The van der Waals surface area contributed by atoms with Crippen LogP contribution < -0.4 is 4.74 Å². The van der Waals surface area contributed by atoms with E-state index in [1.807, 2.05) is 38.1 Å². The second-order valence-electron chi connectivity index (χ2n) is 8.55. The van der Waals surface area contributed by atoms with Crippen molar-refractivity contribution in [3.63, 3.8) is 0 Å². The fourth-order valence-electron chi connectivity index (χ4n) is 3.83. The molecule has 36 heavy (non-hydrogen) atoms. The van der Waals surface area contributed by atoms with Crippen molar-refractivity contribution in [1.82, 2.24) is 0 Å². The average molecular weight is 510 g/mol. The number of benzene rings is 3. The lowest BCUT2D eigenvalue weighted by Crippen LogP contribution is -2.22. The third-order valence-corrected chi connectivity index (χ3v) is 6.78. The van der Waals surface area contributed by atoms with E-state index in [1.165, 1.54) is 17.4 Å². The minimum absolute atomic E-state index is 0.209. The summed E-state index contributed by atoms with van der Waals surface area (Å²) in [6.45, 7) is 3.65. The van der Waals surface area contributed by atoms with Crippen LogP contribution in [-0.2, 0) is 15.7 Å². The maximum absolute atomic E-state index is 13.2. The number of carbonyl (C=O) groups is 1. The first-order valence-electron chi connectivity index (χ1n) is 11.2. The first-order chi connectivity index (χ1) is 17.2. The van der Waals surface area contributed by atoms with Crippen molar-refractivity contribution in [3.8, 4) is 17.6 Å². The summed E-state index contributed by atoms with van der Waals surface area (Å²) in [6.07, 6.45) is -5.63. The number of hydrogen-bond acceptors (Lipinski definition) is 5. The topological polar surface area (TPSA) is 59.3 Å². The predicted octanol–water partition coefficient (Wildman–Crippen LogP) is 8.26. The largest absolute Gasteiger partial charge is 0.457 e. The number of carbonyl (C=O) groups excluding carboxylic acids is 1. The van der Waals surface area contributed by atoms with Gasteiger partial charge >= 0.3 is 12.1 Å². The molecule has 4 aromatic rings. The second kappa shape index (κ2) is 10.4. The van der Waals surface area contributed by atoms with Gasteiger partial charge in [0.1, 0.15) is 17.6 Å². The molecule has 3 aromatic carbocycles. The van der Waals surface area contributed by atoms with Gasteiger partial charge in [0.2, 0.25) is 6.10 Å². The summed E-state index contributed by atoms with van der Waals surface area (Å²) < 4.78 is 51.4. The van der Waals surface area contributed by atoms with E-state index in [-0.39, 0.29) is 5.92 Å². The molecule has 2 atom stereocenters. The SMILES string of the molecule is CC(C)C(C(=O)OC(C#N)c1cccc(Oc2ccccc2)c1)c1cc2cc(C(F)(F)F)ccc2s1. The third kappa shape index (κ3) is 5.69. The van der Waals surface area contributed by atoms with Gasteiger partial charge in [-0.2, -0.15) is 18.4 Å². The van der Waals surface area contributed by atoms with E-state index in [4.69, 9.17) is 9.47 Å². The molecular formula is C28H22F3NO3S. The van der Waals surface area contributed by atoms with Gasteiger partial charge < -0.3 is 9.47 Å². The lowest BCUT2D eigenvalue weighted by atomic mass is 9.94. The van der Waals surface area contributed by atoms with Crippen molar-refractivity contribution >= 4 is 27.4 Å². The molecule has 8 heteroatoms. The molecule has 0 radical (unpaired) electrons. The van der Waals surface area contributed by atoms with E-state index in [9.17, 15) is 23.2 Å². The van der Waals surface area contributed by atoms with E-state index in [0.29, 0.717) is 32.0 Å². The van der Waals surface area contributed by atoms with Gasteiger partial charge in [-0.1, -0.05) is 44.2 Å². The monoisotopic (exact) mass is 509 g/mol. The summed E-state index contributed by atoms with van der Waals surface area (Å²) in [6, 6.07) is 23.0. The number of hydrogen-bond donors (Lipinski definition) is 0. The molecule has 0 spiro atoms. The van der Waals surface area contributed by atoms with Gasteiger partial charge in [-0.05, 0) is 59.8 Å². The average Bonchev–Trinajstić information content (AvgIpc) is 3.25. The minimum Gasteiger partial charge on any atom is -0.457 e. The Morgan fingerprint density at radius 3 is 2.33 bits per heavy atom. The van der Waals surface area contributed by atoms with Crippen LogP contribution in [0.25, 0.3) is 10.1 Å². The van der Waals surface area contributed by atoms with E-state index in [2.05, 4.69) is 0 Å². The van der Waals surface area contributed by atoms with Crippen LogP contribution in [0.15, 0.2) is 78.9 Å². The zero-order chi connectivity index (χ0) is 25.9. The highest BCUT2D eigenvalue weighted by Crippen LogP contribution is 2.39. The minimum atomic E-state index is -4.45. The Kier molecular flexibility index (Phi) is 7.32. The molecule has 0 fully saturated rings. The van der Waals surface area contributed by atoms with Crippen LogP contribution in [0.2, 0.25) is 0 Å². The summed E-state index contributed by atoms with van der Waals surface area (Å²) in [5, 5.41) is 10.2. The van der Waals surface area contributed by atoms with Crippen molar-refractivity contribution in [2.75, 3.05) is 0 Å². The Bertz CT molecular complexity index is 1410. The number of fused-ring (bicyclic) bond motifs is 1. The smallest absolute Gasteiger partial charge is 0.416 e. The van der Waals surface area contributed by atoms with Crippen molar-refractivity contribution in [1.29, 1.82) is 5.26 Å². The molecule has 0 saturated carbocycles. The van der Waals surface area contributed by atoms with Gasteiger partial charge in [-0.3, -0.25) is 4.79 Å². The summed E-state index contributed by atoms with van der Waals surface area (Å²) >= 11 is 1.24. The van der Waals surface area contributed by atoms with Crippen LogP contribution in [0.5, 0.6) is 11.5 Å². The predicted molar refractivity (Wildman–Crippen MR) is 132 cm³/mol. The van der Waals surface area contributed by atoms with Gasteiger partial charge in [0.25, 0.3) is 0 Å². The number of thiophene rings is 1. The van der Waals surface area contributed by atoms with E-state index < -0.39 is 29.7 Å². The van der Waals surface area contributed by atoms with E-state index in [1.54, 1.807) is 42.5 Å². The summed E-state index contributed by atoms with van der Waals surface area (Å²) in [4.78, 5) is 13.8. The summed E-state index contributed by atoms with van der Waals surface area (Å²) in [7, 11) is 0. The maximum atomic E-state index is 13.2. The number of halogens is 3. The Morgan fingerprint density at radius 1 is 0.944 bits per heavy atom.